The number of amides is 1. The van der Waals surface area contributed by atoms with Gasteiger partial charge in [0.1, 0.15) is 11.6 Å². The predicted octanol–water partition coefficient (Wildman–Crippen LogP) is 7.23. The summed E-state index contributed by atoms with van der Waals surface area (Å²) in [5.41, 5.74) is -9.36. The van der Waals surface area contributed by atoms with E-state index in [0.717, 1.165) is 29.2 Å². The molecule has 5 rings (SSSR count). The van der Waals surface area contributed by atoms with Gasteiger partial charge in [-0.3, -0.25) is 4.90 Å². The molecule has 4 aromatic carbocycles. The third-order valence-corrected chi connectivity index (χ3v) is 10.1. The molecule has 1 heterocycles. The van der Waals surface area contributed by atoms with Gasteiger partial charge in [-0.05, 0) is 104 Å². The zero-order valence-corrected chi connectivity index (χ0v) is 34.7. The third-order valence-electron chi connectivity index (χ3n) is 10.1. The molecule has 0 unspecified atom stereocenters. The Bertz CT molecular complexity index is 2180. The summed E-state index contributed by atoms with van der Waals surface area (Å²) >= 11 is 0. The molecule has 0 bridgehead atoms. The number of cyclic esters (lactones) is 2. The molecular formula is C41H37BF14LiN2O6. The molecule has 349 valence electrons. The monoisotopic (exact) mass is 937 g/mol. The minimum absolute atomic E-state index is 0. The van der Waals surface area contributed by atoms with Crippen LogP contribution in [0.4, 0.5) is 66.3 Å². The van der Waals surface area contributed by atoms with E-state index in [1.54, 1.807) is 0 Å². The van der Waals surface area contributed by atoms with Crippen molar-refractivity contribution in [1.82, 2.24) is 10.2 Å². The van der Waals surface area contributed by atoms with Crippen LogP contribution in [0.25, 0.3) is 0 Å². The largest absolute Gasteiger partial charge is 1.00 e. The molecule has 3 radical (unpaired) electrons. The summed E-state index contributed by atoms with van der Waals surface area (Å²) in [5.74, 6) is -2.25. The molecule has 8 nitrogen and oxygen atoms in total. The third kappa shape index (κ3) is 13.3. The van der Waals surface area contributed by atoms with Gasteiger partial charge in [-0.15, -0.1) is 0 Å². The van der Waals surface area contributed by atoms with E-state index in [0.29, 0.717) is 29.8 Å². The van der Waals surface area contributed by atoms with E-state index in [4.69, 9.17) is 9.47 Å². The smallest absolute Gasteiger partial charge is 1.00 e. The summed E-state index contributed by atoms with van der Waals surface area (Å²) in [6, 6.07) is 11.7. The van der Waals surface area contributed by atoms with Crippen molar-refractivity contribution in [2.75, 3.05) is 33.9 Å². The van der Waals surface area contributed by atoms with Crippen molar-refractivity contribution in [2.45, 2.75) is 61.8 Å². The number of hydrogen-bond acceptors (Lipinski definition) is 7. The number of rotatable bonds is 12. The number of nitrogens with one attached hydrogen (secondary N) is 1. The van der Waals surface area contributed by atoms with Crippen molar-refractivity contribution in [3.8, 4) is 0 Å². The summed E-state index contributed by atoms with van der Waals surface area (Å²) in [7, 11) is 2.68. The second-order valence-corrected chi connectivity index (χ2v) is 14.2. The Balaban J connectivity index is 0.000000634. The van der Waals surface area contributed by atoms with Crippen molar-refractivity contribution in [2.24, 2.45) is 0 Å². The summed E-state index contributed by atoms with van der Waals surface area (Å²) in [4.78, 5) is 25.4. The number of aliphatic hydroxyl groups excluding tert-OH is 1. The van der Waals surface area contributed by atoms with Crippen molar-refractivity contribution >= 4 is 20.5 Å². The van der Waals surface area contributed by atoms with Gasteiger partial charge >= 0.3 is 55.6 Å². The summed E-state index contributed by atoms with van der Waals surface area (Å²) in [6.07, 6.45) is -23.6. The number of alkyl halides is 12. The fraction of sp³-hybridized carbons (Fsp3) is 0.366. The molecule has 1 amide bonds. The van der Waals surface area contributed by atoms with Gasteiger partial charge in [-0.2, -0.15) is 52.7 Å². The predicted molar refractivity (Wildman–Crippen MR) is 200 cm³/mol. The number of carbonyl (C=O) groups is 2. The maximum atomic E-state index is 13.4. The van der Waals surface area contributed by atoms with Gasteiger partial charge in [-0.1, -0.05) is 24.3 Å². The van der Waals surface area contributed by atoms with Gasteiger partial charge in [0.25, 0.3) is 0 Å². The van der Waals surface area contributed by atoms with Crippen LogP contribution in [0.1, 0.15) is 72.0 Å². The van der Waals surface area contributed by atoms with Crippen LogP contribution in [0.2, 0.25) is 0 Å². The number of likely N-dealkylation sites (N-methyl/N-ethyl adjacent to an activating group) is 2. The van der Waals surface area contributed by atoms with Crippen LogP contribution in [-0.2, 0) is 54.8 Å². The SMILES string of the molecule is CN[C@](CO)(CO[C@H](C)c1cc(C(F)(F)F)cc(C(F)(F)F)c1)c1ccc(F)cc1.C[C@@H](OC[C@@]1(c2ccc(F)cc2)C(=O)OC(=O)N1C)c1cc(C(F)(F)F)cc(C(F)(F)F)c1.[B].[H-].[Li+]. The standard InChI is InChI=1S/C21H16F7NO4.C20H20F7NO2.B.Li.H/c1-11(12-7-14(20(23,24)25)9-15(8-12)21(26,27)28)32-10-19(13-3-5-16(22)6-4-13)17(30)33-18(31)29(19)2;1-12(13-7-15(19(22,23)24)9-16(8-13)20(25,26)27)30-11-18(10-29,28-2)14-3-5-17(21)6-4-14;;;/h3-9,11H,10H2,1-2H3;3-9,12,28-29H,10-11H2,1-2H3;;;/q;;;+1;-1/t11-,19-;12-,18-;;;/m11.../s1. The van der Waals surface area contributed by atoms with Crippen molar-refractivity contribution in [3.05, 3.63) is 141 Å². The molecule has 0 aromatic heterocycles. The molecule has 24 heteroatoms. The Hall–Kier alpha value is -4.66. The second kappa shape index (κ2) is 21.3. The molecule has 1 aliphatic rings. The first kappa shape index (κ1) is 56.5. The van der Waals surface area contributed by atoms with E-state index in [1.165, 1.54) is 52.2 Å². The summed E-state index contributed by atoms with van der Waals surface area (Å²) in [6.45, 7) is 0.995. The first-order valence-electron chi connectivity index (χ1n) is 18.1. The van der Waals surface area contributed by atoms with Gasteiger partial charge in [0, 0.05) is 15.5 Å². The fourth-order valence-corrected chi connectivity index (χ4v) is 6.22. The number of halogens is 14. The number of aliphatic hydroxyl groups is 1. The van der Waals surface area contributed by atoms with Gasteiger partial charge < -0.3 is 26.1 Å². The van der Waals surface area contributed by atoms with Gasteiger partial charge in [0.2, 0.25) is 0 Å². The van der Waals surface area contributed by atoms with Crippen LogP contribution in [-0.4, -0.2) is 64.4 Å². The number of benzene rings is 4. The first-order chi connectivity index (χ1) is 29.0. The van der Waals surface area contributed by atoms with E-state index in [1.807, 2.05) is 0 Å². The van der Waals surface area contributed by atoms with Gasteiger partial charge in [0.05, 0.1) is 59.8 Å². The first-order valence-corrected chi connectivity index (χ1v) is 18.1. The Morgan fingerprint density at radius 2 is 1.03 bits per heavy atom. The van der Waals surface area contributed by atoms with Crippen molar-refractivity contribution in [3.63, 3.8) is 0 Å². The molecule has 1 fully saturated rings. The van der Waals surface area contributed by atoms with E-state index in [9.17, 15) is 76.2 Å². The Kier molecular flexibility index (Phi) is 18.5. The van der Waals surface area contributed by atoms with Crippen molar-refractivity contribution < 1.29 is 111 Å². The topological polar surface area (TPSA) is 97.3 Å². The maximum absolute atomic E-state index is 13.4. The summed E-state index contributed by atoms with van der Waals surface area (Å²) < 4.78 is 199. The molecule has 4 aromatic rings. The van der Waals surface area contributed by atoms with Crippen LogP contribution in [0.15, 0.2) is 84.9 Å². The zero-order chi connectivity index (χ0) is 47.5. The maximum Gasteiger partial charge on any atom is 1.00 e. The number of hydrogen-bond donors (Lipinski definition) is 2. The van der Waals surface area contributed by atoms with Crippen LogP contribution in [0.5, 0.6) is 0 Å². The molecule has 4 atom stereocenters. The number of ether oxygens (including phenoxy) is 3. The van der Waals surface area contributed by atoms with Crippen molar-refractivity contribution in [1.29, 1.82) is 0 Å². The van der Waals surface area contributed by atoms with Crippen LogP contribution in [0.3, 0.4) is 0 Å². The normalized spacial score (nSPS) is 17.5. The molecule has 0 spiro atoms. The van der Waals surface area contributed by atoms with E-state index in [-0.39, 0.29) is 58.6 Å². The molecular weight excluding hydrogens is 900 g/mol. The molecule has 1 saturated heterocycles. The zero-order valence-electron chi connectivity index (χ0n) is 35.7. The second-order valence-electron chi connectivity index (χ2n) is 14.2. The number of carbonyl (C=O) groups excluding carboxylic acids is 2. The minimum atomic E-state index is -5.05. The average Bonchev–Trinajstić information content (AvgIpc) is 3.42. The minimum Gasteiger partial charge on any atom is -1.00 e. The Morgan fingerprint density at radius 1 is 0.662 bits per heavy atom. The van der Waals surface area contributed by atoms with E-state index in [2.05, 4.69) is 10.1 Å². The van der Waals surface area contributed by atoms with Crippen LogP contribution in [0, 0.1) is 11.6 Å². The average molecular weight is 937 g/mol. The molecule has 1 aliphatic heterocycles. The molecule has 2 N–H and O–H groups in total. The number of nitrogens with zero attached hydrogens (tertiary/aromatic N) is 1. The Morgan fingerprint density at radius 3 is 1.35 bits per heavy atom. The quantitative estimate of drug-likeness (QED) is 0.0671. The van der Waals surface area contributed by atoms with E-state index >= 15 is 0 Å². The Labute approximate surface area is 377 Å². The van der Waals surface area contributed by atoms with Gasteiger partial charge in [-0.25, -0.2) is 18.4 Å². The van der Waals surface area contributed by atoms with Crippen LogP contribution < -0.4 is 24.2 Å². The van der Waals surface area contributed by atoms with Gasteiger partial charge in [0.15, 0.2) is 5.54 Å². The summed E-state index contributed by atoms with van der Waals surface area (Å²) in [5, 5.41) is 12.7. The number of esters is 1. The van der Waals surface area contributed by atoms with E-state index < -0.39 is 113 Å². The molecule has 0 saturated carbocycles. The molecule has 65 heavy (non-hydrogen) atoms. The fourth-order valence-electron chi connectivity index (χ4n) is 6.22. The van der Waals surface area contributed by atoms with Crippen LogP contribution >= 0.6 is 0 Å². The molecule has 0 aliphatic carbocycles.